The van der Waals surface area contributed by atoms with Crippen molar-refractivity contribution in [2.24, 2.45) is 5.73 Å². The molecule has 0 spiro atoms. The van der Waals surface area contributed by atoms with Crippen LogP contribution in [0.2, 0.25) is 0 Å². The average molecular weight is 1200 g/mol. The Balaban J connectivity index is 3.94. The second kappa shape index (κ2) is 69.0. The van der Waals surface area contributed by atoms with Gasteiger partial charge in [0.2, 0.25) is 0 Å². The van der Waals surface area contributed by atoms with Crippen LogP contribution in [0.25, 0.3) is 0 Å². The highest BCUT2D eigenvalue weighted by Gasteiger charge is 2.26. The van der Waals surface area contributed by atoms with Crippen molar-refractivity contribution in [3.05, 3.63) is 146 Å². The number of phosphoric acid groups is 1. The Hall–Kier alpha value is -4.11. The third kappa shape index (κ3) is 68.9. The zero-order valence-corrected chi connectivity index (χ0v) is 55.2. The molecule has 0 radical (unpaired) electrons. The molecule has 0 aromatic rings. The van der Waals surface area contributed by atoms with Crippen molar-refractivity contribution in [2.75, 3.05) is 26.4 Å². The number of unbranched alkanes of at least 4 members (excludes halogenated alkanes) is 26. The molecule has 0 heterocycles. The summed E-state index contributed by atoms with van der Waals surface area (Å²) in [4.78, 5) is 35.4. The van der Waals surface area contributed by atoms with Crippen LogP contribution >= 0.6 is 7.82 Å². The number of carbonyl (C=O) groups excluding carboxylic acids is 2. The van der Waals surface area contributed by atoms with Gasteiger partial charge >= 0.3 is 19.8 Å². The second-order valence-corrected chi connectivity index (χ2v) is 23.7. The standard InChI is InChI=1S/C75H126NO8P/c1-3-5-7-9-11-13-15-17-19-21-23-25-27-29-31-33-34-35-36-37-38-40-42-44-46-48-50-52-54-56-58-60-62-64-66-68-75(78)84-73(72-83-85(79,80)82-70-69-76)71-81-74(77)67-65-63-61-59-57-55-53-51-49-47-45-43-41-39-32-30-28-26-24-22-20-18-16-14-12-10-8-6-4-2/h5-8,11-14,17-20,23-26,29,31,34-35,37-38,42,44,73H,3-4,9-10,15-16,21-22,27-28,30,32-33,36,39-41,43,45-72,76H2,1-2H3,(H,79,80)/b7-5-,8-6-,13-11-,14-12-,19-17-,20-18-,25-23-,26-24-,31-29-,35-34-,38-37-,44-42-. The predicted octanol–water partition coefficient (Wildman–Crippen LogP) is 22.6. The summed E-state index contributed by atoms with van der Waals surface area (Å²) in [7, 11) is -4.40. The van der Waals surface area contributed by atoms with Gasteiger partial charge in [0.1, 0.15) is 6.61 Å². The summed E-state index contributed by atoms with van der Waals surface area (Å²) < 4.78 is 33.2. The van der Waals surface area contributed by atoms with Crippen LogP contribution in [0.5, 0.6) is 0 Å². The molecule has 0 aliphatic rings. The minimum absolute atomic E-state index is 0.0469. The summed E-state index contributed by atoms with van der Waals surface area (Å²) in [5.41, 5.74) is 5.40. The number of esters is 2. The van der Waals surface area contributed by atoms with E-state index >= 15 is 0 Å². The summed E-state index contributed by atoms with van der Waals surface area (Å²) in [6.07, 6.45) is 99.2. The third-order valence-electron chi connectivity index (χ3n) is 14.2. The maximum absolute atomic E-state index is 12.8. The number of hydrogen-bond acceptors (Lipinski definition) is 8. The van der Waals surface area contributed by atoms with Crippen LogP contribution in [0.15, 0.2) is 146 Å². The van der Waals surface area contributed by atoms with Crippen molar-refractivity contribution < 1.29 is 37.6 Å². The fourth-order valence-electron chi connectivity index (χ4n) is 9.23. The Morgan fingerprint density at radius 3 is 0.906 bits per heavy atom. The first-order valence-electron chi connectivity index (χ1n) is 34.3. The molecule has 0 aliphatic heterocycles. The lowest BCUT2D eigenvalue weighted by Crippen LogP contribution is -2.29. The van der Waals surface area contributed by atoms with Crippen LogP contribution in [0.1, 0.15) is 284 Å². The second-order valence-electron chi connectivity index (χ2n) is 22.3. The minimum atomic E-state index is -4.40. The monoisotopic (exact) mass is 1200 g/mol. The zero-order chi connectivity index (χ0) is 61.6. The molecule has 0 saturated heterocycles. The molecular formula is C75H126NO8P. The van der Waals surface area contributed by atoms with Gasteiger partial charge in [0.05, 0.1) is 13.2 Å². The van der Waals surface area contributed by atoms with Gasteiger partial charge < -0.3 is 20.1 Å². The lowest BCUT2D eigenvalue weighted by molar-refractivity contribution is -0.161. The lowest BCUT2D eigenvalue weighted by atomic mass is 10.0. The maximum atomic E-state index is 12.8. The van der Waals surface area contributed by atoms with Crippen LogP contribution in [0, 0.1) is 0 Å². The number of nitrogens with two attached hydrogens (primary N) is 1. The maximum Gasteiger partial charge on any atom is 0.472 e. The molecule has 2 unspecified atom stereocenters. The van der Waals surface area contributed by atoms with Crippen LogP contribution in [-0.2, 0) is 32.7 Å². The highest BCUT2D eigenvalue weighted by atomic mass is 31.2. The van der Waals surface area contributed by atoms with Crippen LogP contribution in [0.4, 0.5) is 0 Å². The number of phosphoric ester groups is 1. The molecule has 484 valence electrons. The van der Waals surface area contributed by atoms with Gasteiger partial charge in [-0.05, 0) is 116 Å². The number of ether oxygens (including phenoxy) is 2. The Bertz CT molecular complexity index is 1900. The van der Waals surface area contributed by atoms with Crippen molar-refractivity contribution in [1.29, 1.82) is 0 Å². The first-order valence-corrected chi connectivity index (χ1v) is 35.8. The third-order valence-corrected chi connectivity index (χ3v) is 15.2. The molecule has 0 saturated carbocycles. The van der Waals surface area contributed by atoms with E-state index in [2.05, 4.69) is 160 Å². The van der Waals surface area contributed by atoms with E-state index in [0.717, 1.165) is 122 Å². The lowest BCUT2D eigenvalue weighted by Gasteiger charge is -2.19. The Kier molecular flexibility index (Phi) is 65.7. The van der Waals surface area contributed by atoms with Crippen LogP contribution in [0.3, 0.4) is 0 Å². The molecule has 0 aromatic carbocycles. The van der Waals surface area contributed by atoms with Crippen molar-refractivity contribution in [1.82, 2.24) is 0 Å². The van der Waals surface area contributed by atoms with Crippen molar-refractivity contribution >= 4 is 19.8 Å². The van der Waals surface area contributed by atoms with E-state index in [1.165, 1.54) is 128 Å². The highest BCUT2D eigenvalue weighted by Crippen LogP contribution is 2.43. The van der Waals surface area contributed by atoms with Gasteiger partial charge in [-0.15, -0.1) is 0 Å². The van der Waals surface area contributed by atoms with Crippen LogP contribution in [-0.4, -0.2) is 49.3 Å². The van der Waals surface area contributed by atoms with E-state index in [0.29, 0.717) is 6.42 Å². The molecule has 0 bridgehead atoms. The van der Waals surface area contributed by atoms with Gasteiger partial charge in [0.25, 0.3) is 0 Å². The summed E-state index contributed by atoms with van der Waals surface area (Å²) in [6, 6.07) is 0. The van der Waals surface area contributed by atoms with E-state index in [1.807, 2.05) is 0 Å². The molecule has 3 N–H and O–H groups in total. The zero-order valence-electron chi connectivity index (χ0n) is 54.3. The molecule has 9 nitrogen and oxygen atoms in total. The SMILES string of the molecule is CC/C=C\C/C=C\C/C=C\C/C=C\C/C=C\C/C=C\C/C=C\C/C=C\CCCCCCCCCCCCC(=O)OC(COC(=O)CCCCCCCCCCCCCCCCCC/C=C\C/C=C\C/C=C\C/C=C\CC)COP(=O)(O)OCCN. The smallest absolute Gasteiger partial charge is 0.462 e. The van der Waals surface area contributed by atoms with E-state index in [1.54, 1.807) is 0 Å². The summed E-state index contributed by atoms with van der Waals surface area (Å²) >= 11 is 0. The molecule has 85 heavy (non-hydrogen) atoms. The molecule has 0 fully saturated rings. The fourth-order valence-corrected chi connectivity index (χ4v) is 10.00. The van der Waals surface area contributed by atoms with Gasteiger partial charge in [-0.1, -0.05) is 301 Å². The van der Waals surface area contributed by atoms with Gasteiger partial charge in [0, 0.05) is 19.4 Å². The van der Waals surface area contributed by atoms with E-state index in [4.69, 9.17) is 24.3 Å². The average Bonchev–Trinajstić information content (AvgIpc) is 3.52. The number of allylic oxidation sites excluding steroid dienone is 24. The number of hydrogen-bond donors (Lipinski definition) is 2. The van der Waals surface area contributed by atoms with Crippen molar-refractivity contribution in [3.63, 3.8) is 0 Å². The summed E-state index contributed by atoms with van der Waals surface area (Å²) in [6.45, 7) is 3.52. The van der Waals surface area contributed by atoms with Crippen molar-refractivity contribution in [3.8, 4) is 0 Å². The molecule has 0 rings (SSSR count). The fraction of sp³-hybridized carbons (Fsp3) is 0.653. The Labute approximate surface area is 522 Å². The molecule has 10 heteroatoms. The highest BCUT2D eigenvalue weighted by molar-refractivity contribution is 7.47. The Morgan fingerprint density at radius 1 is 0.353 bits per heavy atom. The molecule has 0 aromatic heterocycles. The summed E-state index contributed by atoms with van der Waals surface area (Å²) in [5.74, 6) is -0.833. The minimum Gasteiger partial charge on any atom is -0.462 e. The first-order chi connectivity index (χ1) is 41.8. The topological polar surface area (TPSA) is 134 Å². The first kappa shape index (κ1) is 80.9. The molecular weight excluding hydrogens is 1070 g/mol. The van der Waals surface area contributed by atoms with Gasteiger partial charge in [-0.3, -0.25) is 18.6 Å². The molecule has 0 aliphatic carbocycles. The van der Waals surface area contributed by atoms with E-state index < -0.39 is 26.5 Å². The number of carbonyl (C=O) groups is 2. The quantitative estimate of drug-likeness (QED) is 0.0264. The van der Waals surface area contributed by atoms with Gasteiger partial charge in [0.15, 0.2) is 6.10 Å². The normalized spacial score (nSPS) is 13.9. The van der Waals surface area contributed by atoms with E-state index in [-0.39, 0.29) is 38.6 Å². The van der Waals surface area contributed by atoms with Crippen LogP contribution < -0.4 is 5.73 Å². The van der Waals surface area contributed by atoms with Gasteiger partial charge in [-0.25, -0.2) is 4.57 Å². The predicted molar refractivity (Wildman–Crippen MR) is 367 cm³/mol. The van der Waals surface area contributed by atoms with Gasteiger partial charge in [-0.2, -0.15) is 0 Å². The molecule has 0 amide bonds. The summed E-state index contributed by atoms with van der Waals surface area (Å²) in [5, 5.41) is 0. The largest absolute Gasteiger partial charge is 0.472 e. The Morgan fingerprint density at radius 2 is 0.612 bits per heavy atom. The van der Waals surface area contributed by atoms with E-state index in [9.17, 15) is 19.0 Å². The molecule has 2 atom stereocenters. The number of rotatable bonds is 63. The van der Waals surface area contributed by atoms with Crippen molar-refractivity contribution in [2.45, 2.75) is 290 Å².